The van der Waals surface area contributed by atoms with Gasteiger partial charge in [0.15, 0.2) is 11.5 Å². The van der Waals surface area contributed by atoms with E-state index in [4.69, 9.17) is 9.47 Å². The standard InChI is InChI=1S/C24H29N3O3/c1-16(24(28)26-18-8-9-22(29-2)23(14-18)30-3)27-12-10-17(11-13-27)20-15-25-21-7-5-4-6-19(20)21/h4-9,14-17,25H,10-13H2,1-3H3,(H,26,28)/t16-/m0/s1. The van der Waals surface area contributed by atoms with E-state index in [2.05, 4.69) is 45.7 Å². The first-order valence-corrected chi connectivity index (χ1v) is 10.4. The first kappa shape index (κ1) is 20.3. The van der Waals surface area contributed by atoms with Gasteiger partial charge in [-0.15, -0.1) is 0 Å². The summed E-state index contributed by atoms with van der Waals surface area (Å²) in [5.41, 5.74) is 3.29. The monoisotopic (exact) mass is 407 g/mol. The summed E-state index contributed by atoms with van der Waals surface area (Å²) in [6.45, 7) is 3.79. The Morgan fingerprint density at radius 1 is 1.10 bits per heavy atom. The van der Waals surface area contributed by atoms with Crippen LogP contribution in [0.25, 0.3) is 10.9 Å². The van der Waals surface area contributed by atoms with E-state index in [0.29, 0.717) is 23.1 Å². The number of para-hydroxylation sites is 1. The number of aromatic amines is 1. The van der Waals surface area contributed by atoms with E-state index in [1.54, 1.807) is 26.4 Å². The van der Waals surface area contributed by atoms with Gasteiger partial charge in [-0.25, -0.2) is 0 Å². The van der Waals surface area contributed by atoms with Crippen molar-refractivity contribution < 1.29 is 14.3 Å². The predicted molar refractivity (Wildman–Crippen MR) is 119 cm³/mol. The maximum absolute atomic E-state index is 12.8. The van der Waals surface area contributed by atoms with Crippen LogP contribution in [0.15, 0.2) is 48.7 Å². The number of amides is 1. The highest BCUT2D eigenvalue weighted by atomic mass is 16.5. The lowest BCUT2D eigenvalue weighted by Gasteiger charge is -2.35. The van der Waals surface area contributed by atoms with Gasteiger partial charge in [0, 0.05) is 28.9 Å². The molecule has 158 valence electrons. The number of nitrogens with one attached hydrogen (secondary N) is 2. The van der Waals surface area contributed by atoms with Crippen molar-refractivity contribution >= 4 is 22.5 Å². The number of aromatic nitrogens is 1. The summed E-state index contributed by atoms with van der Waals surface area (Å²) in [7, 11) is 3.18. The third-order valence-corrected chi connectivity index (χ3v) is 6.17. The topological polar surface area (TPSA) is 66.6 Å². The number of fused-ring (bicyclic) bond motifs is 1. The van der Waals surface area contributed by atoms with Crippen LogP contribution in [0.3, 0.4) is 0 Å². The summed E-state index contributed by atoms with van der Waals surface area (Å²) in [5, 5.41) is 4.32. The second-order valence-corrected chi connectivity index (χ2v) is 7.83. The van der Waals surface area contributed by atoms with Crippen LogP contribution >= 0.6 is 0 Å². The Bertz CT molecular complexity index is 1020. The molecular weight excluding hydrogens is 378 g/mol. The first-order valence-electron chi connectivity index (χ1n) is 10.4. The molecule has 0 bridgehead atoms. The zero-order chi connectivity index (χ0) is 21.1. The maximum Gasteiger partial charge on any atom is 0.241 e. The van der Waals surface area contributed by atoms with Gasteiger partial charge in [0.05, 0.1) is 20.3 Å². The molecule has 1 amide bonds. The van der Waals surface area contributed by atoms with Crippen molar-refractivity contribution in [2.24, 2.45) is 0 Å². The zero-order valence-corrected chi connectivity index (χ0v) is 17.8. The number of benzene rings is 2. The Morgan fingerprint density at radius 2 is 1.83 bits per heavy atom. The third-order valence-electron chi connectivity index (χ3n) is 6.17. The highest BCUT2D eigenvalue weighted by molar-refractivity contribution is 5.94. The van der Waals surface area contributed by atoms with Crippen LogP contribution in [0.4, 0.5) is 5.69 Å². The number of ether oxygens (including phenoxy) is 2. The van der Waals surface area contributed by atoms with Crippen LogP contribution in [-0.4, -0.2) is 49.1 Å². The normalized spacial score (nSPS) is 16.4. The van der Waals surface area contributed by atoms with Crippen molar-refractivity contribution in [3.63, 3.8) is 0 Å². The number of rotatable bonds is 6. The molecule has 1 aromatic heterocycles. The van der Waals surface area contributed by atoms with Crippen molar-refractivity contribution in [3.8, 4) is 11.5 Å². The molecule has 3 aromatic rings. The minimum Gasteiger partial charge on any atom is -0.493 e. The highest BCUT2D eigenvalue weighted by Gasteiger charge is 2.28. The smallest absolute Gasteiger partial charge is 0.241 e. The zero-order valence-electron chi connectivity index (χ0n) is 17.8. The van der Waals surface area contributed by atoms with Crippen molar-refractivity contribution in [1.82, 2.24) is 9.88 Å². The second-order valence-electron chi connectivity index (χ2n) is 7.83. The highest BCUT2D eigenvalue weighted by Crippen LogP contribution is 2.34. The van der Waals surface area contributed by atoms with Gasteiger partial charge in [0.2, 0.25) is 5.91 Å². The van der Waals surface area contributed by atoms with E-state index < -0.39 is 0 Å². The SMILES string of the molecule is COc1ccc(NC(=O)[C@H](C)N2CCC(c3c[nH]c4ccccc34)CC2)cc1OC. The lowest BCUT2D eigenvalue weighted by molar-refractivity contribution is -0.121. The molecular formula is C24H29N3O3. The van der Waals surface area contributed by atoms with Gasteiger partial charge in [0.25, 0.3) is 0 Å². The van der Waals surface area contributed by atoms with Gasteiger partial charge < -0.3 is 19.8 Å². The number of H-pyrrole nitrogens is 1. The van der Waals surface area contributed by atoms with E-state index in [1.807, 2.05) is 13.0 Å². The molecule has 0 aliphatic carbocycles. The van der Waals surface area contributed by atoms with Crippen molar-refractivity contribution in [3.05, 3.63) is 54.2 Å². The van der Waals surface area contributed by atoms with Crippen molar-refractivity contribution in [1.29, 1.82) is 0 Å². The van der Waals surface area contributed by atoms with Crippen molar-refractivity contribution in [2.45, 2.75) is 31.7 Å². The molecule has 1 aliphatic heterocycles. The molecule has 2 heterocycles. The number of carbonyl (C=O) groups is 1. The fraction of sp³-hybridized carbons (Fsp3) is 0.375. The van der Waals surface area contributed by atoms with Crippen LogP contribution in [0.2, 0.25) is 0 Å². The summed E-state index contributed by atoms with van der Waals surface area (Å²) in [6, 6.07) is 13.7. The van der Waals surface area contributed by atoms with Gasteiger partial charge in [-0.1, -0.05) is 18.2 Å². The summed E-state index contributed by atoms with van der Waals surface area (Å²) in [5.74, 6) is 1.76. The van der Waals surface area contributed by atoms with Gasteiger partial charge in [-0.05, 0) is 62.5 Å². The molecule has 0 radical (unpaired) electrons. The van der Waals surface area contributed by atoms with Crippen molar-refractivity contribution in [2.75, 3.05) is 32.6 Å². The summed E-state index contributed by atoms with van der Waals surface area (Å²) >= 11 is 0. The number of methoxy groups -OCH3 is 2. The predicted octanol–water partition coefficient (Wildman–Crippen LogP) is 4.39. The second kappa shape index (κ2) is 8.79. The molecule has 1 atom stereocenters. The van der Waals surface area contributed by atoms with E-state index >= 15 is 0 Å². The molecule has 0 unspecified atom stereocenters. The largest absolute Gasteiger partial charge is 0.493 e. The average Bonchev–Trinajstić information content (AvgIpc) is 3.22. The van der Waals surface area contributed by atoms with E-state index in [1.165, 1.54) is 16.5 Å². The molecule has 0 saturated carbocycles. The number of carbonyl (C=O) groups excluding carboxylic acids is 1. The van der Waals surface area contributed by atoms with E-state index in [0.717, 1.165) is 25.9 Å². The quantitative estimate of drug-likeness (QED) is 0.636. The maximum atomic E-state index is 12.8. The molecule has 2 N–H and O–H groups in total. The molecule has 6 heteroatoms. The Morgan fingerprint density at radius 3 is 2.57 bits per heavy atom. The first-order chi connectivity index (χ1) is 14.6. The van der Waals surface area contributed by atoms with E-state index in [-0.39, 0.29) is 11.9 Å². The lowest BCUT2D eigenvalue weighted by Crippen LogP contribution is -2.45. The number of anilines is 1. The van der Waals surface area contributed by atoms with E-state index in [9.17, 15) is 4.79 Å². The third kappa shape index (κ3) is 4.00. The van der Waals surface area contributed by atoms with Gasteiger partial charge in [-0.2, -0.15) is 0 Å². The molecule has 6 nitrogen and oxygen atoms in total. The molecule has 1 fully saturated rings. The van der Waals surface area contributed by atoms with Crippen LogP contribution in [0.5, 0.6) is 11.5 Å². The molecule has 0 spiro atoms. The Kier molecular flexibility index (Phi) is 5.95. The number of nitrogens with zero attached hydrogens (tertiary/aromatic N) is 1. The summed E-state index contributed by atoms with van der Waals surface area (Å²) < 4.78 is 10.6. The minimum absolute atomic E-state index is 0.00670. The molecule has 1 aliphatic rings. The Balaban J connectivity index is 1.37. The molecule has 30 heavy (non-hydrogen) atoms. The van der Waals surface area contributed by atoms with Crippen LogP contribution < -0.4 is 14.8 Å². The molecule has 1 saturated heterocycles. The van der Waals surface area contributed by atoms with Gasteiger partial charge >= 0.3 is 0 Å². The summed E-state index contributed by atoms with van der Waals surface area (Å²) in [6.07, 6.45) is 4.25. The minimum atomic E-state index is -0.193. The number of likely N-dealkylation sites (tertiary alicyclic amines) is 1. The van der Waals surface area contributed by atoms with Crippen LogP contribution in [0, 0.1) is 0 Å². The fourth-order valence-electron chi connectivity index (χ4n) is 4.36. The Labute approximate surface area is 177 Å². The van der Waals surface area contributed by atoms with Crippen LogP contribution in [0.1, 0.15) is 31.2 Å². The number of hydrogen-bond acceptors (Lipinski definition) is 4. The fourth-order valence-corrected chi connectivity index (χ4v) is 4.36. The average molecular weight is 408 g/mol. The Hall–Kier alpha value is -2.99. The number of piperidine rings is 1. The van der Waals surface area contributed by atoms with Crippen LogP contribution in [-0.2, 0) is 4.79 Å². The lowest BCUT2D eigenvalue weighted by atomic mass is 9.88. The number of hydrogen-bond donors (Lipinski definition) is 2. The molecule has 2 aromatic carbocycles. The van der Waals surface area contributed by atoms with Gasteiger partial charge in [-0.3, -0.25) is 9.69 Å². The molecule has 4 rings (SSSR count). The summed E-state index contributed by atoms with van der Waals surface area (Å²) in [4.78, 5) is 18.5. The van der Waals surface area contributed by atoms with Gasteiger partial charge in [0.1, 0.15) is 0 Å².